The number of carbonyl (C=O) groups is 2. The number of aliphatic carboxylic acids is 2. The molecule has 5 N–H and O–H groups in total. The molecule has 0 aliphatic heterocycles. The smallest absolute Gasteiger partial charge is 0.373 e. The normalized spacial score (nSPS) is 6.76. The van der Waals surface area contributed by atoms with E-state index in [0.717, 1.165) is 6.92 Å². The summed E-state index contributed by atoms with van der Waals surface area (Å²) in [5.74, 6) is -2.02. The summed E-state index contributed by atoms with van der Waals surface area (Å²) in [5, 5.41) is 23.2. The highest BCUT2D eigenvalue weighted by Crippen LogP contribution is 1.73. The fourth-order valence-corrected chi connectivity index (χ4v) is 0. The van der Waals surface area contributed by atoms with Crippen molar-refractivity contribution in [1.29, 1.82) is 0 Å². The lowest BCUT2D eigenvalue weighted by molar-refractivity contribution is -0.191. The highest BCUT2D eigenvalue weighted by molar-refractivity contribution is 5.71. The van der Waals surface area contributed by atoms with Crippen LogP contribution in [0.1, 0.15) is 40.4 Å². The van der Waals surface area contributed by atoms with Gasteiger partial charge in [0.25, 0.3) is 5.97 Å². The van der Waals surface area contributed by atoms with Gasteiger partial charge in [-0.25, -0.2) is 4.79 Å². The van der Waals surface area contributed by atoms with Gasteiger partial charge in [0.15, 0.2) is 0 Å². The zero-order valence-electron chi connectivity index (χ0n) is 7.55. The van der Waals surface area contributed by atoms with Gasteiger partial charge in [0.05, 0.1) is 0 Å². The molecule has 0 aliphatic rings. The predicted octanol–water partition coefficient (Wildman–Crippen LogP) is 0.781. The van der Waals surface area contributed by atoms with Gasteiger partial charge in [-0.15, -0.1) is 0 Å². The van der Waals surface area contributed by atoms with Gasteiger partial charge in [-0.2, -0.15) is 9.59 Å². The summed E-state index contributed by atoms with van der Waals surface area (Å²) in [6.07, 6.45) is -0.981. The van der Waals surface area contributed by atoms with Crippen LogP contribution in [-0.4, -0.2) is 45.0 Å². The lowest BCUT2D eigenvalue weighted by Crippen LogP contribution is -2.13. The molecule has 0 spiro atoms. The first-order valence-electron chi connectivity index (χ1n) is 2.89. The van der Waals surface area contributed by atoms with Gasteiger partial charge in [-0.1, -0.05) is 22.3 Å². The molecule has 1 atom stereocenters. The Morgan fingerprint density at radius 2 is 1.18 bits per heavy atom. The van der Waals surface area contributed by atoms with E-state index in [9.17, 15) is 4.79 Å². The van der Waals surface area contributed by atoms with E-state index >= 15 is 0 Å². The van der Waals surface area contributed by atoms with E-state index in [1.807, 2.05) is 0 Å². The predicted molar refractivity (Wildman–Crippen MR) is 67.8 cm³/mol. The monoisotopic (exact) mass is 266 g/mol. The van der Waals surface area contributed by atoms with Crippen LogP contribution in [0.4, 0.5) is 0 Å². The number of hydrogen-bond donors (Lipinski definition) is 3. The quantitative estimate of drug-likeness (QED) is 0.631. The fourth-order valence-electron chi connectivity index (χ4n) is 0. The van der Waals surface area contributed by atoms with E-state index in [4.69, 9.17) is 29.7 Å². The Morgan fingerprint density at radius 3 is 1.18 bits per heavy atom. The molecule has 114 valence electrons. The average molecular weight is 266 g/mol. The average Bonchev–Trinajstić information content (AvgIpc) is 1.87. The van der Waals surface area contributed by atoms with Gasteiger partial charge >= 0.3 is 12.1 Å². The van der Waals surface area contributed by atoms with E-state index in [2.05, 4.69) is 0 Å². The lowest BCUT2D eigenvalue weighted by atomic mass is 10.4. The molecule has 17 heavy (non-hydrogen) atoms. The Balaban J connectivity index is -0.00000000828. The second-order valence-electron chi connectivity index (χ2n) is 1.62. The number of aliphatic hydroxyl groups excluding tert-OH is 1. The Kier molecular flexibility index (Phi) is 98.4. The highest BCUT2D eigenvalue weighted by Gasteiger charge is 2.01. The summed E-state index contributed by atoms with van der Waals surface area (Å²) in [7, 11) is 0. The van der Waals surface area contributed by atoms with Crippen LogP contribution in [0.3, 0.4) is 0 Å². The molecule has 0 aromatic carbocycles. The van der Waals surface area contributed by atoms with E-state index in [0.29, 0.717) is 0 Å². The summed E-state index contributed by atoms with van der Waals surface area (Å²) in [5.41, 5.74) is 0. The Bertz CT molecular complexity index is 190. The van der Waals surface area contributed by atoms with Crippen LogP contribution in [0.25, 0.3) is 0 Å². The molecule has 0 saturated heterocycles. The zero-order chi connectivity index (χ0) is 11.4. The maximum Gasteiger partial charge on any atom is 0.373 e. The Labute approximate surface area is 106 Å². The molecule has 0 saturated carbocycles. The van der Waals surface area contributed by atoms with Crippen molar-refractivity contribution < 1.29 is 44.3 Å². The topological polar surface area (TPSA) is 160 Å². The van der Waals surface area contributed by atoms with Crippen molar-refractivity contribution in [3.05, 3.63) is 0 Å². The van der Waals surface area contributed by atoms with Crippen molar-refractivity contribution in [3.63, 3.8) is 0 Å². The molecular formula is C9H30O8. The van der Waals surface area contributed by atoms with Crippen LogP contribution in [0, 0.1) is 0 Å². The standard InChI is InChI=1S/C3H6O3.C2H4O2.CO2.3CH4.H2O.3H2/c1-2(4)3(5)6;1-2(3)4;2-1-3;;;;;;;/h2,4H,1H3,(H,5,6);1H3,(H,3,4);;3*1H4;1H2;3*1H. The van der Waals surface area contributed by atoms with Crippen molar-refractivity contribution in [2.45, 2.75) is 42.2 Å². The lowest BCUT2D eigenvalue weighted by Gasteiger charge is -1.89. The van der Waals surface area contributed by atoms with E-state index in [-0.39, 0.29) is 38.2 Å². The van der Waals surface area contributed by atoms with Gasteiger partial charge in [-0.3, -0.25) is 4.79 Å². The van der Waals surface area contributed by atoms with Crippen molar-refractivity contribution in [3.8, 4) is 0 Å². The molecule has 0 aliphatic carbocycles. The molecule has 0 rings (SSSR count). The minimum Gasteiger partial charge on any atom is -0.481 e. The first kappa shape index (κ1) is 45.5. The second kappa shape index (κ2) is 36.8. The third kappa shape index (κ3) is 425. The van der Waals surface area contributed by atoms with Gasteiger partial charge in [0.1, 0.15) is 6.10 Å². The molecular weight excluding hydrogens is 236 g/mol. The highest BCUT2D eigenvalue weighted by atomic mass is 16.4. The van der Waals surface area contributed by atoms with Crippen LogP contribution >= 0.6 is 0 Å². The molecule has 8 heteroatoms. The molecule has 0 aromatic heterocycles. The SMILES string of the molecule is C.C.C.CC(=O)O.CC(O)C(=O)O.O.O=C=O.[HH].[HH].[HH]. The second-order valence-corrected chi connectivity index (χ2v) is 1.62. The molecule has 0 aromatic rings. The minimum absolute atomic E-state index is 0. The summed E-state index contributed by atoms with van der Waals surface area (Å²) >= 11 is 0. The number of carboxylic acids is 2. The summed E-state index contributed by atoms with van der Waals surface area (Å²) in [4.78, 5) is 34.7. The van der Waals surface area contributed by atoms with Gasteiger partial charge < -0.3 is 20.8 Å². The molecule has 0 heterocycles. The number of carbonyl (C=O) groups excluding carboxylic acids is 2. The largest absolute Gasteiger partial charge is 0.481 e. The minimum atomic E-state index is -1.23. The van der Waals surface area contributed by atoms with Crippen molar-refractivity contribution in [2.24, 2.45) is 0 Å². The summed E-state index contributed by atoms with van der Waals surface area (Å²) in [6.45, 7) is 2.28. The summed E-state index contributed by atoms with van der Waals surface area (Å²) < 4.78 is 0. The maximum absolute atomic E-state index is 9.45. The molecule has 0 fully saturated rings. The molecule has 8 nitrogen and oxygen atoms in total. The van der Waals surface area contributed by atoms with Crippen molar-refractivity contribution >= 4 is 18.1 Å². The van der Waals surface area contributed by atoms with Crippen LogP contribution in [-0.2, 0) is 19.2 Å². The molecule has 1 unspecified atom stereocenters. The molecule has 0 radical (unpaired) electrons. The Hall–Kier alpha value is -1.76. The fraction of sp³-hybridized carbons (Fsp3) is 0.667. The van der Waals surface area contributed by atoms with Crippen molar-refractivity contribution in [1.82, 2.24) is 0 Å². The van der Waals surface area contributed by atoms with Crippen LogP contribution in [0.2, 0.25) is 0 Å². The maximum atomic E-state index is 9.45. The van der Waals surface area contributed by atoms with E-state index < -0.39 is 18.0 Å². The Morgan fingerprint density at radius 1 is 1.12 bits per heavy atom. The van der Waals surface area contributed by atoms with Gasteiger partial charge in [0.2, 0.25) is 0 Å². The first-order chi connectivity index (χ1) is 5.79. The van der Waals surface area contributed by atoms with E-state index in [1.165, 1.54) is 6.92 Å². The summed E-state index contributed by atoms with van der Waals surface area (Å²) in [6, 6.07) is 0. The number of hydrogen-bond acceptors (Lipinski definition) is 5. The van der Waals surface area contributed by atoms with Gasteiger partial charge in [-0.05, 0) is 6.92 Å². The van der Waals surface area contributed by atoms with Crippen LogP contribution < -0.4 is 0 Å². The van der Waals surface area contributed by atoms with Crippen LogP contribution in [0.15, 0.2) is 0 Å². The third-order valence-corrected chi connectivity index (χ3v) is 0.357. The zero-order valence-corrected chi connectivity index (χ0v) is 7.55. The van der Waals surface area contributed by atoms with Gasteiger partial charge in [0, 0.05) is 11.2 Å². The first-order valence-corrected chi connectivity index (χ1v) is 2.89. The molecule has 0 bridgehead atoms. The van der Waals surface area contributed by atoms with Crippen molar-refractivity contribution in [2.75, 3.05) is 0 Å². The number of carboxylic acid groups (broad SMARTS) is 2. The van der Waals surface area contributed by atoms with Crippen LogP contribution in [0.5, 0.6) is 0 Å². The molecule has 0 amide bonds. The number of rotatable bonds is 1. The third-order valence-electron chi connectivity index (χ3n) is 0.357. The van der Waals surface area contributed by atoms with E-state index in [1.54, 1.807) is 0 Å². The number of aliphatic hydroxyl groups is 1.